The van der Waals surface area contributed by atoms with E-state index < -0.39 is 0 Å². The second-order valence-corrected chi connectivity index (χ2v) is 6.08. The van der Waals surface area contributed by atoms with Gasteiger partial charge in [-0.15, -0.1) is 0 Å². The number of nitrogens with zero attached hydrogens (tertiary/aromatic N) is 2. The van der Waals surface area contributed by atoms with Crippen molar-refractivity contribution in [3.05, 3.63) is 46.8 Å². The monoisotopic (exact) mass is 327 g/mol. The molecule has 6 nitrogen and oxygen atoms in total. The first kappa shape index (κ1) is 16.2. The molecule has 2 aromatic rings. The van der Waals surface area contributed by atoms with E-state index in [-0.39, 0.29) is 18.2 Å². The maximum Gasteiger partial charge on any atom is 0.227 e. The number of benzene rings is 1. The first-order valence-corrected chi connectivity index (χ1v) is 8.12. The molecule has 1 aliphatic heterocycles. The van der Waals surface area contributed by atoms with Gasteiger partial charge in [-0.2, -0.15) is 0 Å². The van der Waals surface area contributed by atoms with Gasteiger partial charge in [0.15, 0.2) is 0 Å². The molecule has 3 rings (SSSR count). The molecule has 0 radical (unpaired) electrons. The van der Waals surface area contributed by atoms with Gasteiger partial charge < -0.3 is 14.7 Å². The fraction of sp³-hybridized carbons (Fsp3) is 0.389. The second kappa shape index (κ2) is 6.86. The molecule has 1 fully saturated rings. The van der Waals surface area contributed by atoms with Crippen molar-refractivity contribution in [3.8, 4) is 0 Å². The number of hydrogen-bond donors (Lipinski definition) is 1. The summed E-state index contributed by atoms with van der Waals surface area (Å²) < 4.78 is 5.07. The minimum Gasteiger partial charge on any atom is -0.361 e. The van der Waals surface area contributed by atoms with Crippen LogP contribution in [-0.2, 0) is 22.6 Å². The number of aryl methyl sites for hydroxylation is 2. The van der Waals surface area contributed by atoms with Crippen LogP contribution in [0.4, 0.5) is 5.69 Å². The lowest BCUT2D eigenvalue weighted by atomic mass is 10.1. The summed E-state index contributed by atoms with van der Waals surface area (Å²) in [7, 11) is 0. The molecule has 24 heavy (non-hydrogen) atoms. The molecule has 2 heterocycles. The van der Waals surface area contributed by atoms with Gasteiger partial charge in [0.1, 0.15) is 5.76 Å². The normalized spacial score (nSPS) is 14.2. The highest BCUT2D eigenvalue weighted by Gasteiger charge is 2.21. The largest absolute Gasteiger partial charge is 0.361 e. The molecule has 2 amide bonds. The van der Waals surface area contributed by atoms with Crippen molar-refractivity contribution < 1.29 is 14.1 Å². The van der Waals surface area contributed by atoms with Gasteiger partial charge in [-0.3, -0.25) is 9.59 Å². The van der Waals surface area contributed by atoms with E-state index in [0.717, 1.165) is 35.5 Å². The van der Waals surface area contributed by atoms with E-state index in [1.165, 1.54) is 0 Å². The quantitative estimate of drug-likeness (QED) is 0.914. The summed E-state index contributed by atoms with van der Waals surface area (Å²) in [6.45, 7) is 4.83. The van der Waals surface area contributed by atoms with Crippen molar-refractivity contribution >= 4 is 17.5 Å². The zero-order valence-corrected chi connectivity index (χ0v) is 14.0. The summed E-state index contributed by atoms with van der Waals surface area (Å²) in [4.78, 5) is 25.8. The molecule has 0 aliphatic carbocycles. The van der Waals surface area contributed by atoms with Crippen LogP contribution in [0.25, 0.3) is 0 Å². The number of hydrogen-bond acceptors (Lipinski definition) is 4. The number of carbonyl (C=O) groups is 2. The van der Waals surface area contributed by atoms with Crippen molar-refractivity contribution in [3.63, 3.8) is 0 Å². The van der Waals surface area contributed by atoms with Crippen molar-refractivity contribution in [1.82, 2.24) is 10.5 Å². The van der Waals surface area contributed by atoms with Crippen LogP contribution >= 0.6 is 0 Å². The standard InChI is InChI=1S/C18H21N3O3/c1-12-16(13(2)24-20-12)10-17(22)19-11-14-5-3-6-15(9-14)21-8-4-7-18(21)23/h3,5-6,9H,4,7-8,10-11H2,1-2H3,(H,19,22). The molecule has 126 valence electrons. The number of aromatic nitrogens is 1. The smallest absolute Gasteiger partial charge is 0.227 e. The third-order valence-corrected chi connectivity index (χ3v) is 4.30. The van der Waals surface area contributed by atoms with E-state index in [1.807, 2.05) is 31.2 Å². The Morgan fingerprint density at radius 2 is 2.21 bits per heavy atom. The van der Waals surface area contributed by atoms with Gasteiger partial charge in [0.25, 0.3) is 0 Å². The summed E-state index contributed by atoms with van der Waals surface area (Å²) in [5.41, 5.74) is 3.45. The lowest BCUT2D eigenvalue weighted by Crippen LogP contribution is -2.26. The summed E-state index contributed by atoms with van der Waals surface area (Å²) in [6, 6.07) is 7.74. The van der Waals surface area contributed by atoms with Gasteiger partial charge in [0.2, 0.25) is 11.8 Å². The molecule has 6 heteroatoms. The average molecular weight is 327 g/mol. The molecule has 0 unspecified atom stereocenters. The van der Waals surface area contributed by atoms with Gasteiger partial charge in [-0.05, 0) is 38.0 Å². The van der Waals surface area contributed by atoms with E-state index in [1.54, 1.807) is 11.8 Å². The van der Waals surface area contributed by atoms with E-state index in [0.29, 0.717) is 18.7 Å². The minimum absolute atomic E-state index is 0.0768. The fourth-order valence-electron chi connectivity index (χ4n) is 2.93. The van der Waals surface area contributed by atoms with Gasteiger partial charge >= 0.3 is 0 Å². The number of anilines is 1. The Hall–Kier alpha value is -2.63. The highest BCUT2D eigenvalue weighted by molar-refractivity contribution is 5.95. The Bertz CT molecular complexity index is 747. The van der Waals surface area contributed by atoms with Gasteiger partial charge in [-0.25, -0.2) is 0 Å². The van der Waals surface area contributed by atoms with Crippen LogP contribution in [0.1, 0.15) is 35.4 Å². The van der Waals surface area contributed by atoms with Crippen LogP contribution in [0.3, 0.4) is 0 Å². The molecule has 0 atom stereocenters. The Labute approximate surface area is 140 Å². The van der Waals surface area contributed by atoms with Crippen molar-refractivity contribution in [1.29, 1.82) is 0 Å². The number of amides is 2. The maximum atomic E-state index is 12.1. The molecule has 1 N–H and O–H groups in total. The summed E-state index contributed by atoms with van der Waals surface area (Å²) in [5.74, 6) is 0.763. The molecular formula is C18H21N3O3. The predicted molar refractivity (Wildman–Crippen MR) is 89.6 cm³/mol. The van der Waals surface area contributed by atoms with Crippen LogP contribution in [0.15, 0.2) is 28.8 Å². The lowest BCUT2D eigenvalue weighted by Gasteiger charge is -2.16. The molecule has 1 saturated heterocycles. The Balaban J connectivity index is 1.60. The molecule has 1 aromatic heterocycles. The fourth-order valence-corrected chi connectivity index (χ4v) is 2.93. The minimum atomic E-state index is -0.0768. The van der Waals surface area contributed by atoms with E-state index in [9.17, 15) is 9.59 Å². The SMILES string of the molecule is Cc1noc(C)c1CC(=O)NCc1cccc(N2CCCC2=O)c1. The van der Waals surface area contributed by atoms with Crippen LogP contribution < -0.4 is 10.2 Å². The predicted octanol–water partition coefficient (Wildman–Crippen LogP) is 2.28. The van der Waals surface area contributed by atoms with Crippen molar-refractivity contribution in [2.24, 2.45) is 0 Å². The van der Waals surface area contributed by atoms with E-state index >= 15 is 0 Å². The van der Waals surface area contributed by atoms with Gasteiger partial charge in [0, 0.05) is 30.8 Å². The van der Waals surface area contributed by atoms with Crippen LogP contribution in [-0.4, -0.2) is 23.5 Å². The van der Waals surface area contributed by atoms with Gasteiger partial charge in [-0.1, -0.05) is 17.3 Å². The van der Waals surface area contributed by atoms with Crippen LogP contribution in [0.5, 0.6) is 0 Å². The molecule has 0 bridgehead atoms. The third-order valence-electron chi connectivity index (χ3n) is 4.30. The van der Waals surface area contributed by atoms with Gasteiger partial charge in [0.05, 0.1) is 12.1 Å². The zero-order valence-electron chi connectivity index (χ0n) is 14.0. The maximum absolute atomic E-state index is 12.1. The lowest BCUT2D eigenvalue weighted by molar-refractivity contribution is -0.120. The number of carbonyl (C=O) groups excluding carboxylic acids is 2. The zero-order chi connectivity index (χ0) is 17.1. The second-order valence-electron chi connectivity index (χ2n) is 6.08. The Morgan fingerprint density at radius 3 is 2.88 bits per heavy atom. The van der Waals surface area contributed by atoms with Crippen LogP contribution in [0, 0.1) is 13.8 Å². The Morgan fingerprint density at radius 1 is 1.38 bits per heavy atom. The Kier molecular flexibility index (Phi) is 4.64. The highest BCUT2D eigenvalue weighted by Crippen LogP contribution is 2.22. The van der Waals surface area contributed by atoms with Crippen LogP contribution in [0.2, 0.25) is 0 Å². The summed E-state index contributed by atoms with van der Waals surface area (Å²) in [5, 5.41) is 6.77. The number of nitrogens with one attached hydrogen (secondary N) is 1. The first-order chi connectivity index (χ1) is 11.5. The third kappa shape index (κ3) is 3.48. The summed E-state index contributed by atoms with van der Waals surface area (Å²) >= 11 is 0. The molecule has 1 aromatic carbocycles. The summed E-state index contributed by atoms with van der Waals surface area (Å²) in [6.07, 6.45) is 1.76. The topological polar surface area (TPSA) is 75.4 Å². The van der Waals surface area contributed by atoms with Crippen molar-refractivity contribution in [2.45, 2.75) is 39.7 Å². The molecular weight excluding hydrogens is 306 g/mol. The van der Waals surface area contributed by atoms with Crippen molar-refractivity contribution in [2.75, 3.05) is 11.4 Å². The first-order valence-electron chi connectivity index (χ1n) is 8.12. The molecule has 0 saturated carbocycles. The average Bonchev–Trinajstić information content (AvgIpc) is 3.14. The molecule has 1 aliphatic rings. The molecule has 0 spiro atoms. The highest BCUT2D eigenvalue weighted by atomic mass is 16.5. The number of rotatable bonds is 5. The van der Waals surface area contributed by atoms with E-state index in [4.69, 9.17) is 4.52 Å². The van der Waals surface area contributed by atoms with E-state index in [2.05, 4.69) is 10.5 Å².